The van der Waals surface area contributed by atoms with Crippen molar-refractivity contribution in [3.63, 3.8) is 0 Å². The summed E-state index contributed by atoms with van der Waals surface area (Å²) in [5, 5.41) is 10.7. The molecular formula is C15H13F3N4O. The lowest BCUT2D eigenvalue weighted by Crippen LogP contribution is -2.55. The molecule has 0 aliphatic carbocycles. The Morgan fingerprint density at radius 2 is 2.13 bits per heavy atom. The van der Waals surface area contributed by atoms with E-state index in [1.54, 1.807) is 17.2 Å². The zero-order chi connectivity index (χ0) is 16.8. The summed E-state index contributed by atoms with van der Waals surface area (Å²) >= 11 is 0. The van der Waals surface area contributed by atoms with E-state index < -0.39 is 17.3 Å². The highest BCUT2D eigenvalue weighted by Crippen LogP contribution is 2.35. The smallest absolute Gasteiger partial charge is 0.305 e. The van der Waals surface area contributed by atoms with Crippen molar-refractivity contribution in [1.29, 1.82) is 5.26 Å². The van der Waals surface area contributed by atoms with Gasteiger partial charge in [-0.3, -0.25) is 9.80 Å². The molecule has 1 atom stereocenters. The van der Waals surface area contributed by atoms with Gasteiger partial charge in [-0.05, 0) is 31.2 Å². The summed E-state index contributed by atoms with van der Waals surface area (Å²) in [6.45, 7) is 2.76. The van der Waals surface area contributed by atoms with Gasteiger partial charge in [0.05, 0.1) is 23.2 Å². The number of hydrazine groups is 1. The number of carbonyl (C=O) groups excluding carboxylic acids is 1. The van der Waals surface area contributed by atoms with E-state index in [0.717, 1.165) is 12.1 Å². The summed E-state index contributed by atoms with van der Waals surface area (Å²) in [6.07, 6.45) is -2.86. The maximum Gasteiger partial charge on any atom is 0.417 e. The van der Waals surface area contributed by atoms with E-state index >= 15 is 0 Å². The molecular weight excluding hydrogens is 309 g/mol. The quantitative estimate of drug-likeness (QED) is 0.859. The van der Waals surface area contributed by atoms with Gasteiger partial charge in [0.1, 0.15) is 5.70 Å². The lowest BCUT2D eigenvalue weighted by Gasteiger charge is -2.39. The van der Waals surface area contributed by atoms with Gasteiger partial charge in [0.2, 0.25) is 0 Å². The third-order valence-electron chi connectivity index (χ3n) is 3.91. The first-order valence-electron chi connectivity index (χ1n) is 6.99. The van der Waals surface area contributed by atoms with Crippen LogP contribution in [-0.2, 0) is 11.0 Å². The maximum atomic E-state index is 12.9. The molecule has 2 heterocycles. The fraction of sp³-hybridized carbons (Fsp3) is 0.333. The number of rotatable bonds is 1. The van der Waals surface area contributed by atoms with Crippen molar-refractivity contribution in [3.05, 3.63) is 41.1 Å². The van der Waals surface area contributed by atoms with Crippen molar-refractivity contribution in [1.82, 2.24) is 10.4 Å². The summed E-state index contributed by atoms with van der Waals surface area (Å²) in [6, 6.07) is 4.72. The van der Waals surface area contributed by atoms with Crippen LogP contribution in [0, 0.1) is 11.3 Å². The van der Waals surface area contributed by atoms with E-state index in [2.05, 4.69) is 5.43 Å². The number of nitrogens with zero attached hydrogens (tertiary/aromatic N) is 3. The van der Waals surface area contributed by atoms with Gasteiger partial charge in [-0.15, -0.1) is 0 Å². The standard InChI is InChI=1S/C15H13F3N4O/c1-9-8-21(14(23)13-4-5-20-22(9)13)11-2-3-12(15(16,17)18)10(6-11)7-19/h2-4,6,9,20H,5,8H2,1H3. The minimum absolute atomic E-state index is 0.0331. The number of hydrogen-bond acceptors (Lipinski definition) is 4. The van der Waals surface area contributed by atoms with Gasteiger partial charge in [-0.1, -0.05) is 0 Å². The number of nitrogens with one attached hydrogen (secondary N) is 1. The summed E-state index contributed by atoms with van der Waals surface area (Å²) in [5.41, 5.74) is 2.33. The van der Waals surface area contributed by atoms with Gasteiger partial charge in [0, 0.05) is 18.8 Å². The number of hydrogen-bond donors (Lipinski definition) is 1. The van der Waals surface area contributed by atoms with Crippen LogP contribution in [0.1, 0.15) is 18.1 Å². The summed E-state index contributed by atoms with van der Waals surface area (Å²) in [5.74, 6) is -0.295. The molecule has 1 saturated heterocycles. The predicted molar refractivity (Wildman–Crippen MR) is 75.9 cm³/mol. The average Bonchev–Trinajstić information content (AvgIpc) is 2.99. The van der Waals surface area contributed by atoms with E-state index in [-0.39, 0.29) is 11.9 Å². The minimum atomic E-state index is -4.60. The van der Waals surface area contributed by atoms with Gasteiger partial charge in [0.25, 0.3) is 5.91 Å². The van der Waals surface area contributed by atoms with Crippen LogP contribution in [0.5, 0.6) is 0 Å². The van der Waals surface area contributed by atoms with Crippen LogP contribution in [0.4, 0.5) is 18.9 Å². The molecule has 5 nitrogen and oxygen atoms in total. The second kappa shape index (κ2) is 5.28. The Bertz CT molecular complexity index is 735. The Balaban J connectivity index is 1.99. The molecule has 0 spiro atoms. The molecule has 0 radical (unpaired) electrons. The van der Waals surface area contributed by atoms with Crippen molar-refractivity contribution in [2.24, 2.45) is 0 Å². The van der Waals surface area contributed by atoms with Crippen LogP contribution >= 0.6 is 0 Å². The van der Waals surface area contributed by atoms with Crippen molar-refractivity contribution in [3.8, 4) is 6.07 Å². The summed E-state index contributed by atoms with van der Waals surface area (Å²) in [7, 11) is 0. The molecule has 3 rings (SSSR count). The highest BCUT2D eigenvalue weighted by molar-refractivity contribution is 6.06. The molecule has 1 unspecified atom stereocenters. The molecule has 0 bridgehead atoms. The number of alkyl halides is 3. The molecule has 1 aromatic carbocycles. The Kier molecular flexibility index (Phi) is 3.53. The molecule has 2 aliphatic heterocycles. The number of carbonyl (C=O) groups is 1. The second-order valence-electron chi connectivity index (χ2n) is 5.43. The molecule has 0 aromatic heterocycles. The van der Waals surface area contributed by atoms with E-state index in [9.17, 15) is 18.0 Å². The van der Waals surface area contributed by atoms with Gasteiger partial charge >= 0.3 is 6.18 Å². The van der Waals surface area contributed by atoms with Gasteiger partial charge in [0.15, 0.2) is 0 Å². The minimum Gasteiger partial charge on any atom is -0.305 e. The number of fused-ring (bicyclic) bond motifs is 1. The zero-order valence-electron chi connectivity index (χ0n) is 12.2. The fourth-order valence-corrected chi connectivity index (χ4v) is 2.84. The van der Waals surface area contributed by atoms with Crippen molar-refractivity contribution < 1.29 is 18.0 Å². The molecule has 1 fully saturated rings. The highest BCUT2D eigenvalue weighted by atomic mass is 19.4. The van der Waals surface area contributed by atoms with Crippen LogP contribution < -0.4 is 10.3 Å². The van der Waals surface area contributed by atoms with Crippen LogP contribution in [0.25, 0.3) is 0 Å². The molecule has 120 valence electrons. The lowest BCUT2D eigenvalue weighted by molar-refractivity contribution is -0.137. The SMILES string of the molecule is CC1CN(c2ccc(C(F)(F)F)c(C#N)c2)C(=O)C2=CCNN21. The maximum absolute atomic E-state index is 12.9. The molecule has 2 aliphatic rings. The molecule has 1 N–H and O–H groups in total. The van der Waals surface area contributed by atoms with Crippen LogP contribution in [0.3, 0.4) is 0 Å². The fourth-order valence-electron chi connectivity index (χ4n) is 2.84. The third kappa shape index (κ3) is 2.53. The number of anilines is 1. The Labute approximate surface area is 130 Å². The monoisotopic (exact) mass is 322 g/mol. The Morgan fingerprint density at radius 1 is 1.39 bits per heavy atom. The Morgan fingerprint density at radius 3 is 2.78 bits per heavy atom. The average molecular weight is 322 g/mol. The number of amides is 1. The lowest BCUT2D eigenvalue weighted by atomic mass is 10.0. The summed E-state index contributed by atoms with van der Waals surface area (Å²) in [4.78, 5) is 13.9. The third-order valence-corrected chi connectivity index (χ3v) is 3.91. The van der Waals surface area contributed by atoms with E-state index in [1.807, 2.05) is 6.92 Å². The van der Waals surface area contributed by atoms with Crippen LogP contribution in [0.15, 0.2) is 30.0 Å². The number of nitriles is 1. The normalized spacial score (nSPS) is 21.1. The van der Waals surface area contributed by atoms with Gasteiger partial charge in [-0.2, -0.15) is 18.4 Å². The van der Waals surface area contributed by atoms with Gasteiger partial charge < -0.3 is 4.90 Å². The van der Waals surface area contributed by atoms with Crippen LogP contribution in [0.2, 0.25) is 0 Å². The zero-order valence-corrected chi connectivity index (χ0v) is 12.2. The number of benzene rings is 1. The first-order chi connectivity index (χ1) is 10.8. The molecule has 8 heteroatoms. The molecule has 23 heavy (non-hydrogen) atoms. The number of halogens is 3. The molecule has 0 saturated carbocycles. The second-order valence-corrected chi connectivity index (χ2v) is 5.43. The van der Waals surface area contributed by atoms with Crippen LogP contribution in [-0.4, -0.2) is 30.0 Å². The number of piperazine rings is 1. The highest BCUT2D eigenvalue weighted by Gasteiger charge is 2.38. The molecule has 1 amide bonds. The van der Waals surface area contributed by atoms with Crippen molar-refractivity contribution in [2.75, 3.05) is 18.0 Å². The topological polar surface area (TPSA) is 59.4 Å². The first-order valence-corrected chi connectivity index (χ1v) is 6.99. The predicted octanol–water partition coefficient (Wildman–Crippen LogP) is 2.02. The van der Waals surface area contributed by atoms with E-state index in [0.29, 0.717) is 24.5 Å². The molecule has 1 aromatic rings. The van der Waals surface area contributed by atoms with E-state index in [4.69, 9.17) is 5.26 Å². The van der Waals surface area contributed by atoms with Crippen molar-refractivity contribution >= 4 is 11.6 Å². The first kappa shape index (κ1) is 15.4. The van der Waals surface area contributed by atoms with Crippen molar-refractivity contribution in [2.45, 2.75) is 19.1 Å². The van der Waals surface area contributed by atoms with Gasteiger partial charge in [-0.25, -0.2) is 5.43 Å². The largest absolute Gasteiger partial charge is 0.417 e. The summed E-state index contributed by atoms with van der Waals surface area (Å²) < 4.78 is 38.6. The van der Waals surface area contributed by atoms with E-state index in [1.165, 1.54) is 11.0 Å². The Hall–Kier alpha value is -2.53.